The van der Waals surface area contributed by atoms with Gasteiger partial charge in [0.1, 0.15) is 6.61 Å². The van der Waals surface area contributed by atoms with E-state index in [2.05, 4.69) is 26.0 Å². The van der Waals surface area contributed by atoms with Gasteiger partial charge in [0.15, 0.2) is 12.1 Å². The molecule has 0 aliphatic carbocycles. The van der Waals surface area contributed by atoms with E-state index >= 15 is 0 Å². The summed E-state index contributed by atoms with van der Waals surface area (Å²) in [5, 5.41) is 9.60. The highest BCUT2D eigenvalue weighted by molar-refractivity contribution is 5.72. The molecule has 0 aromatic heterocycles. The molecule has 0 aliphatic heterocycles. The van der Waals surface area contributed by atoms with Gasteiger partial charge in [0.25, 0.3) is 0 Å². The lowest BCUT2D eigenvalue weighted by Gasteiger charge is -2.31. The Hall–Kier alpha value is -1.93. The molecule has 324 valence electrons. The van der Waals surface area contributed by atoms with Gasteiger partial charge in [-0.15, -0.1) is 0 Å². The van der Waals surface area contributed by atoms with Gasteiger partial charge in [-0.3, -0.25) is 9.59 Å². The molecular formula is C47H90NO7+. The normalized spacial score (nSPS) is 13.0. The van der Waals surface area contributed by atoms with Crippen LogP contribution in [-0.4, -0.2) is 80.6 Å². The standard InChI is InChI=1S/C47H89NO7/c1-6-8-10-12-14-16-17-18-19-20-21-22-23-24-25-26-27-28-30-31-33-35-37-45(49)54-42-43(41-53-40-39-44(47(51)52)48(3,4)5)55-46(50)38-36-34-32-29-15-13-11-9-7-2/h29,32,43-44H,6-28,30-31,33-42H2,1-5H3/p+1/b32-29+. The second kappa shape index (κ2) is 38.9. The van der Waals surface area contributed by atoms with Crippen LogP contribution in [0.15, 0.2) is 12.2 Å². The number of nitrogens with zero attached hydrogens (tertiary/aromatic N) is 1. The zero-order valence-electron chi connectivity index (χ0n) is 36.9. The Bertz CT molecular complexity index is 915. The fourth-order valence-corrected chi connectivity index (χ4v) is 7.04. The molecule has 0 saturated heterocycles. The number of hydrogen-bond acceptors (Lipinski definition) is 6. The zero-order chi connectivity index (χ0) is 40.7. The number of likely N-dealkylation sites (N-methyl/N-ethyl adjacent to an activating group) is 1. The third-order valence-electron chi connectivity index (χ3n) is 10.7. The summed E-state index contributed by atoms with van der Waals surface area (Å²) in [6, 6.07) is -0.614. The van der Waals surface area contributed by atoms with Gasteiger partial charge in [-0.25, -0.2) is 4.79 Å². The van der Waals surface area contributed by atoms with E-state index in [0.717, 1.165) is 32.1 Å². The van der Waals surface area contributed by atoms with Gasteiger partial charge >= 0.3 is 17.9 Å². The molecule has 0 bridgehead atoms. The van der Waals surface area contributed by atoms with Crippen LogP contribution in [-0.2, 0) is 28.6 Å². The van der Waals surface area contributed by atoms with Crippen LogP contribution in [0.4, 0.5) is 0 Å². The number of esters is 2. The first-order chi connectivity index (χ1) is 26.6. The molecule has 2 atom stereocenters. The highest BCUT2D eigenvalue weighted by atomic mass is 16.6. The Morgan fingerprint density at radius 3 is 1.36 bits per heavy atom. The van der Waals surface area contributed by atoms with Crippen molar-refractivity contribution in [3.63, 3.8) is 0 Å². The predicted molar refractivity (Wildman–Crippen MR) is 229 cm³/mol. The summed E-state index contributed by atoms with van der Waals surface area (Å²) in [4.78, 5) is 36.9. The molecule has 8 nitrogen and oxygen atoms in total. The van der Waals surface area contributed by atoms with E-state index in [1.807, 2.05) is 21.1 Å². The molecule has 0 radical (unpaired) electrons. The van der Waals surface area contributed by atoms with Crippen LogP contribution in [0.25, 0.3) is 0 Å². The molecule has 0 saturated carbocycles. The fraction of sp³-hybridized carbons (Fsp3) is 0.894. The maximum atomic E-state index is 12.6. The number of aliphatic carboxylic acids is 1. The van der Waals surface area contributed by atoms with Gasteiger partial charge in [0, 0.05) is 19.3 Å². The molecule has 55 heavy (non-hydrogen) atoms. The minimum Gasteiger partial charge on any atom is -0.477 e. The molecule has 2 unspecified atom stereocenters. The number of carbonyl (C=O) groups is 3. The van der Waals surface area contributed by atoms with Crippen molar-refractivity contribution in [1.82, 2.24) is 0 Å². The smallest absolute Gasteiger partial charge is 0.362 e. The second-order valence-corrected chi connectivity index (χ2v) is 17.0. The number of carboxylic acids is 1. The number of rotatable bonds is 42. The van der Waals surface area contributed by atoms with Crippen molar-refractivity contribution < 1.29 is 38.2 Å². The minimum absolute atomic E-state index is 0.0551. The van der Waals surface area contributed by atoms with E-state index in [1.165, 1.54) is 148 Å². The highest BCUT2D eigenvalue weighted by Gasteiger charge is 2.31. The summed E-state index contributed by atoms with van der Waals surface area (Å²) >= 11 is 0. The largest absolute Gasteiger partial charge is 0.477 e. The van der Waals surface area contributed by atoms with Crippen LogP contribution >= 0.6 is 0 Å². The number of quaternary nitrogens is 1. The van der Waals surface area contributed by atoms with Gasteiger partial charge in [0.2, 0.25) is 0 Å². The molecule has 0 rings (SSSR count). The summed E-state index contributed by atoms with van der Waals surface area (Å²) in [5.41, 5.74) is 0. The van der Waals surface area contributed by atoms with Gasteiger partial charge in [-0.1, -0.05) is 180 Å². The average Bonchev–Trinajstić information content (AvgIpc) is 3.14. The third-order valence-corrected chi connectivity index (χ3v) is 10.7. The van der Waals surface area contributed by atoms with Crippen molar-refractivity contribution in [2.45, 2.75) is 231 Å². The average molecular weight is 781 g/mol. The monoisotopic (exact) mass is 781 g/mol. The maximum absolute atomic E-state index is 12.6. The second-order valence-electron chi connectivity index (χ2n) is 17.0. The third kappa shape index (κ3) is 37.4. The minimum atomic E-state index is -0.876. The summed E-state index contributed by atoms with van der Waals surface area (Å²) in [6.07, 6.45) is 41.4. The van der Waals surface area contributed by atoms with E-state index in [4.69, 9.17) is 14.2 Å². The van der Waals surface area contributed by atoms with Crippen molar-refractivity contribution in [3.05, 3.63) is 12.2 Å². The lowest BCUT2D eigenvalue weighted by molar-refractivity contribution is -0.887. The molecule has 0 aromatic rings. The summed E-state index contributed by atoms with van der Waals surface area (Å²) in [5.74, 6) is -1.50. The number of hydrogen-bond donors (Lipinski definition) is 1. The molecule has 0 aromatic carbocycles. The lowest BCUT2D eigenvalue weighted by Crippen LogP contribution is -2.50. The topological polar surface area (TPSA) is 99.1 Å². The number of ether oxygens (including phenoxy) is 3. The Morgan fingerprint density at radius 2 is 0.927 bits per heavy atom. The van der Waals surface area contributed by atoms with E-state index in [9.17, 15) is 19.5 Å². The Kier molecular flexibility index (Phi) is 37.6. The van der Waals surface area contributed by atoms with Gasteiger partial charge in [-0.05, 0) is 32.1 Å². The van der Waals surface area contributed by atoms with Crippen LogP contribution in [0.3, 0.4) is 0 Å². The first kappa shape index (κ1) is 53.1. The van der Waals surface area contributed by atoms with E-state index in [1.54, 1.807) is 0 Å². The number of unbranched alkanes of at least 4 members (excludes halogenated alkanes) is 26. The molecule has 0 fully saturated rings. The number of carboxylic acid groups (broad SMARTS) is 1. The van der Waals surface area contributed by atoms with Crippen LogP contribution in [0, 0.1) is 0 Å². The van der Waals surface area contributed by atoms with Crippen LogP contribution in [0.5, 0.6) is 0 Å². The van der Waals surface area contributed by atoms with E-state index in [-0.39, 0.29) is 42.7 Å². The molecule has 0 amide bonds. The van der Waals surface area contributed by atoms with Crippen LogP contribution in [0.1, 0.15) is 219 Å². The van der Waals surface area contributed by atoms with Crippen LogP contribution in [0.2, 0.25) is 0 Å². The van der Waals surface area contributed by atoms with Gasteiger partial charge in [0.05, 0.1) is 34.4 Å². The van der Waals surface area contributed by atoms with Crippen molar-refractivity contribution in [3.8, 4) is 0 Å². The molecule has 0 heterocycles. The summed E-state index contributed by atoms with van der Waals surface area (Å²) < 4.78 is 17.2. The molecule has 0 spiro atoms. The van der Waals surface area contributed by atoms with E-state index < -0.39 is 18.1 Å². The summed E-state index contributed by atoms with van der Waals surface area (Å²) in [6.45, 7) is 4.70. The van der Waals surface area contributed by atoms with Crippen LogP contribution < -0.4 is 0 Å². The zero-order valence-corrected chi connectivity index (χ0v) is 36.9. The fourth-order valence-electron chi connectivity index (χ4n) is 7.04. The predicted octanol–water partition coefficient (Wildman–Crippen LogP) is 12.7. The number of allylic oxidation sites excluding steroid dienone is 2. The number of carbonyl (C=O) groups excluding carboxylic acids is 2. The van der Waals surface area contributed by atoms with Crippen molar-refractivity contribution in [1.29, 1.82) is 0 Å². The Balaban J connectivity index is 4.12. The molecule has 1 N–H and O–H groups in total. The quantitative estimate of drug-likeness (QED) is 0.0285. The van der Waals surface area contributed by atoms with Gasteiger partial charge < -0.3 is 23.8 Å². The van der Waals surface area contributed by atoms with Crippen molar-refractivity contribution >= 4 is 17.9 Å². The lowest BCUT2D eigenvalue weighted by atomic mass is 10.0. The SMILES string of the molecule is CCCCCC/C=C/CCCC(=O)OC(COCCC(C(=O)O)[N+](C)(C)C)COC(=O)CCCCCCCCCCCCCCCCCCCCCCCC. The highest BCUT2D eigenvalue weighted by Crippen LogP contribution is 2.16. The molecular weight excluding hydrogens is 691 g/mol. The maximum Gasteiger partial charge on any atom is 0.362 e. The molecule has 8 heteroatoms. The molecule has 0 aliphatic rings. The Morgan fingerprint density at radius 1 is 0.527 bits per heavy atom. The summed E-state index contributed by atoms with van der Waals surface area (Å²) in [7, 11) is 5.52. The van der Waals surface area contributed by atoms with Gasteiger partial charge in [-0.2, -0.15) is 0 Å². The first-order valence-corrected chi connectivity index (χ1v) is 23.2. The van der Waals surface area contributed by atoms with E-state index in [0.29, 0.717) is 19.3 Å². The van der Waals surface area contributed by atoms with Crippen molar-refractivity contribution in [2.75, 3.05) is 41.0 Å². The van der Waals surface area contributed by atoms with Crippen molar-refractivity contribution in [2.24, 2.45) is 0 Å². The Labute approximate surface area is 339 Å². The first-order valence-electron chi connectivity index (χ1n) is 23.2.